The first-order valence-corrected chi connectivity index (χ1v) is 3.56. The molecule has 1 fully saturated rings. The number of carbonyl (C=O) groups excluding carboxylic acids is 1. The Morgan fingerprint density at radius 2 is 2.40 bits per heavy atom. The zero-order chi connectivity index (χ0) is 7.40. The molecule has 0 atom stereocenters. The van der Waals surface area contributed by atoms with E-state index in [1.165, 1.54) is 6.42 Å². The van der Waals surface area contributed by atoms with Crippen LogP contribution in [0.2, 0.25) is 0 Å². The van der Waals surface area contributed by atoms with E-state index in [9.17, 15) is 4.79 Å². The van der Waals surface area contributed by atoms with E-state index in [0.717, 1.165) is 12.8 Å². The van der Waals surface area contributed by atoms with Crippen LogP contribution in [-0.2, 0) is 4.79 Å². The molecule has 0 aromatic heterocycles. The Bertz CT molecular complexity index is 165. The minimum absolute atomic E-state index is 0.129. The summed E-state index contributed by atoms with van der Waals surface area (Å²) in [5, 5.41) is 2.66. The Labute approximate surface area is 61.0 Å². The van der Waals surface area contributed by atoms with E-state index in [-0.39, 0.29) is 11.8 Å². The van der Waals surface area contributed by atoms with Crippen molar-refractivity contribution in [3.05, 3.63) is 0 Å². The Morgan fingerprint density at radius 1 is 1.70 bits per heavy atom. The van der Waals surface area contributed by atoms with Gasteiger partial charge in [0, 0.05) is 5.92 Å². The predicted molar refractivity (Wildman–Crippen MR) is 39.2 cm³/mol. The lowest BCUT2D eigenvalue weighted by atomic mass is 9.85. The molecule has 0 bridgehead atoms. The highest BCUT2D eigenvalue weighted by Gasteiger charge is 2.24. The Hall–Kier alpha value is -0.970. The maximum atomic E-state index is 11.0. The number of hydrogen-bond donors (Lipinski definition) is 1. The SMILES string of the molecule is C#CCNC(=O)C1CCC1. The number of carbonyl (C=O) groups is 1. The third-order valence-electron chi connectivity index (χ3n) is 1.84. The summed E-state index contributed by atoms with van der Waals surface area (Å²) >= 11 is 0. The van der Waals surface area contributed by atoms with Gasteiger partial charge in [0.1, 0.15) is 0 Å². The fourth-order valence-corrected chi connectivity index (χ4v) is 0.953. The molecule has 0 heterocycles. The maximum absolute atomic E-state index is 11.0. The van der Waals surface area contributed by atoms with Gasteiger partial charge in [-0.1, -0.05) is 12.3 Å². The summed E-state index contributed by atoms with van der Waals surface area (Å²) in [7, 11) is 0. The third-order valence-corrected chi connectivity index (χ3v) is 1.84. The lowest BCUT2D eigenvalue weighted by molar-refractivity contribution is -0.127. The number of nitrogens with one attached hydrogen (secondary N) is 1. The molecular weight excluding hydrogens is 126 g/mol. The lowest BCUT2D eigenvalue weighted by Crippen LogP contribution is -2.34. The van der Waals surface area contributed by atoms with Crippen LogP contribution in [0.15, 0.2) is 0 Å². The van der Waals surface area contributed by atoms with Crippen molar-refractivity contribution in [2.45, 2.75) is 19.3 Å². The lowest BCUT2D eigenvalue weighted by Gasteiger charge is -2.23. The highest BCUT2D eigenvalue weighted by Crippen LogP contribution is 2.25. The highest BCUT2D eigenvalue weighted by molar-refractivity contribution is 5.79. The van der Waals surface area contributed by atoms with Crippen LogP contribution in [0.3, 0.4) is 0 Å². The van der Waals surface area contributed by atoms with Gasteiger partial charge in [0.25, 0.3) is 0 Å². The van der Waals surface area contributed by atoms with E-state index >= 15 is 0 Å². The largest absolute Gasteiger partial charge is 0.345 e. The van der Waals surface area contributed by atoms with Crippen molar-refractivity contribution in [3.8, 4) is 12.3 Å². The summed E-state index contributed by atoms with van der Waals surface area (Å²) in [4.78, 5) is 11.0. The second-order valence-electron chi connectivity index (χ2n) is 2.55. The van der Waals surface area contributed by atoms with Gasteiger partial charge in [0.2, 0.25) is 5.91 Å². The molecule has 54 valence electrons. The van der Waals surface area contributed by atoms with Crippen molar-refractivity contribution in [2.75, 3.05) is 6.54 Å². The molecular formula is C8H11NO. The van der Waals surface area contributed by atoms with Crippen LogP contribution in [-0.4, -0.2) is 12.5 Å². The molecule has 0 unspecified atom stereocenters. The summed E-state index contributed by atoms with van der Waals surface area (Å²) in [5.74, 6) is 2.76. The van der Waals surface area contributed by atoms with Crippen LogP contribution in [0, 0.1) is 18.3 Å². The van der Waals surface area contributed by atoms with E-state index in [1.807, 2.05) is 0 Å². The normalized spacial score (nSPS) is 17.1. The van der Waals surface area contributed by atoms with Gasteiger partial charge in [-0.3, -0.25) is 4.79 Å². The van der Waals surface area contributed by atoms with Crippen LogP contribution in [0.1, 0.15) is 19.3 Å². The zero-order valence-corrected chi connectivity index (χ0v) is 5.89. The minimum Gasteiger partial charge on any atom is -0.345 e. The minimum atomic E-state index is 0.129. The topological polar surface area (TPSA) is 29.1 Å². The molecule has 1 amide bonds. The Morgan fingerprint density at radius 3 is 2.80 bits per heavy atom. The first kappa shape index (κ1) is 7.14. The summed E-state index contributed by atoms with van der Waals surface area (Å²) in [6.07, 6.45) is 8.24. The number of rotatable bonds is 2. The van der Waals surface area contributed by atoms with Crippen LogP contribution < -0.4 is 5.32 Å². The second kappa shape index (κ2) is 3.26. The Balaban J connectivity index is 2.15. The van der Waals surface area contributed by atoms with E-state index in [4.69, 9.17) is 6.42 Å². The van der Waals surface area contributed by atoms with Gasteiger partial charge in [0.15, 0.2) is 0 Å². The van der Waals surface area contributed by atoms with Crippen molar-refractivity contribution in [2.24, 2.45) is 5.92 Å². The van der Waals surface area contributed by atoms with Gasteiger partial charge in [-0.2, -0.15) is 0 Å². The average Bonchev–Trinajstić information content (AvgIpc) is 1.79. The zero-order valence-electron chi connectivity index (χ0n) is 5.89. The number of hydrogen-bond acceptors (Lipinski definition) is 1. The van der Waals surface area contributed by atoms with Gasteiger partial charge >= 0.3 is 0 Å². The molecule has 1 rings (SSSR count). The van der Waals surface area contributed by atoms with Crippen LogP contribution in [0.4, 0.5) is 0 Å². The van der Waals surface area contributed by atoms with Gasteiger partial charge < -0.3 is 5.32 Å². The van der Waals surface area contributed by atoms with Gasteiger partial charge in [0.05, 0.1) is 6.54 Å². The molecule has 1 saturated carbocycles. The van der Waals surface area contributed by atoms with Crippen molar-refractivity contribution in [1.82, 2.24) is 5.32 Å². The molecule has 10 heavy (non-hydrogen) atoms. The average molecular weight is 137 g/mol. The molecule has 0 aliphatic heterocycles. The van der Waals surface area contributed by atoms with Crippen molar-refractivity contribution < 1.29 is 4.79 Å². The van der Waals surface area contributed by atoms with Gasteiger partial charge in [-0.05, 0) is 12.8 Å². The molecule has 2 heteroatoms. The van der Waals surface area contributed by atoms with Crippen molar-refractivity contribution in [3.63, 3.8) is 0 Å². The van der Waals surface area contributed by atoms with Crippen molar-refractivity contribution in [1.29, 1.82) is 0 Å². The smallest absolute Gasteiger partial charge is 0.223 e. The summed E-state index contributed by atoms with van der Waals surface area (Å²) in [6.45, 7) is 0.370. The molecule has 0 radical (unpaired) electrons. The molecule has 1 N–H and O–H groups in total. The monoisotopic (exact) mass is 137 g/mol. The molecule has 0 saturated heterocycles. The van der Waals surface area contributed by atoms with Crippen molar-refractivity contribution >= 4 is 5.91 Å². The second-order valence-corrected chi connectivity index (χ2v) is 2.55. The summed E-state index contributed by atoms with van der Waals surface area (Å²) < 4.78 is 0. The quantitative estimate of drug-likeness (QED) is 0.553. The Kier molecular flexibility index (Phi) is 2.33. The maximum Gasteiger partial charge on any atom is 0.223 e. The molecule has 0 aromatic rings. The molecule has 2 nitrogen and oxygen atoms in total. The summed E-state index contributed by atoms with van der Waals surface area (Å²) in [6, 6.07) is 0. The third kappa shape index (κ3) is 1.51. The van der Waals surface area contributed by atoms with E-state index in [2.05, 4.69) is 11.2 Å². The van der Waals surface area contributed by atoms with Crippen LogP contribution >= 0.6 is 0 Å². The molecule has 1 aliphatic rings. The molecule has 1 aliphatic carbocycles. The van der Waals surface area contributed by atoms with E-state index < -0.39 is 0 Å². The van der Waals surface area contributed by atoms with Crippen LogP contribution in [0.25, 0.3) is 0 Å². The predicted octanol–water partition coefficient (Wildman–Crippen LogP) is 0.536. The van der Waals surface area contributed by atoms with Gasteiger partial charge in [-0.15, -0.1) is 6.42 Å². The number of amides is 1. The van der Waals surface area contributed by atoms with Crippen LogP contribution in [0.5, 0.6) is 0 Å². The fraction of sp³-hybridized carbons (Fsp3) is 0.625. The fourth-order valence-electron chi connectivity index (χ4n) is 0.953. The van der Waals surface area contributed by atoms with Gasteiger partial charge in [-0.25, -0.2) is 0 Å². The summed E-state index contributed by atoms with van der Waals surface area (Å²) in [5.41, 5.74) is 0. The molecule has 0 aromatic carbocycles. The first-order valence-electron chi connectivity index (χ1n) is 3.56. The molecule has 0 spiro atoms. The highest BCUT2D eigenvalue weighted by atomic mass is 16.1. The standard InChI is InChI=1S/C8H11NO/c1-2-6-9-8(10)7-4-3-5-7/h1,7H,3-6H2,(H,9,10). The van der Waals surface area contributed by atoms with E-state index in [0.29, 0.717) is 6.54 Å². The first-order chi connectivity index (χ1) is 4.84. The van der Waals surface area contributed by atoms with E-state index in [1.54, 1.807) is 0 Å². The number of terminal acetylenes is 1.